The first-order chi connectivity index (χ1) is 13.2. The summed E-state index contributed by atoms with van der Waals surface area (Å²) >= 11 is 0. The van der Waals surface area contributed by atoms with Crippen molar-refractivity contribution in [2.45, 2.75) is 32.2 Å². The summed E-state index contributed by atoms with van der Waals surface area (Å²) in [6.07, 6.45) is 6.77. The predicted octanol–water partition coefficient (Wildman–Crippen LogP) is 2.61. The van der Waals surface area contributed by atoms with Crippen LogP contribution in [-0.2, 0) is 6.54 Å². The zero-order valence-corrected chi connectivity index (χ0v) is 15.3. The Kier molecular flexibility index (Phi) is 6.62. The second-order valence-corrected chi connectivity index (χ2v) is 6.55. The molecule has 2 aromatic rings. The van der Waals surface area contributed by atoms with E-state index in [1.54, 1.807) is 30.5 Å². The Morgan fingerprint density at radius 1 is 0.926 bits per heavy atom. The highest BCUT2D eigenvalue weighted by atomic mass is 16.2. The standard InChI is InChI=1S/C20H25N5O2/c26-19(17-8-4-3-5-9-17)23-24-20(27)22-15-16-10-11-18(21-14-16)25-12-6-1-2-7-13-25/h3-5,8-11,14H,1-2,6-7,12-13,15H2,(H,23,26)(H2,22,24,27). The molecule has 0 bridgehead atoms. The summed E-state index contributed by atoms with van der Waals surface area (Å²) in [5.74, 6) is 0.620. The molecule has 1 saturated heterocycles. The van der Waals surface area contributed by atoms with Crippen molar-refractivity contribution in [1.29, 1.82) is 0 Å². The molecule has 0 unspecified atom stereocenters. The zero-order valence-electron chi connectivity index (χ0n) is 15.3. The number of hydrazine groups is 1. The van der Waals surface area contributed by atoms with E-state index in [0.717, 1.165) is 24.5 Å². The molecular formula is C20H25N5O2. The summed E-state index contributed by atoms with van der Waals surface area (Å²) < 4.78 is 0. The van der Waals surface area contributed by atoms with Crippen LogP contribution >= 0.6 is 0 Å². The maximum atomic E-state index is 11.9. The monoisotopic (exact) mass is 367 g/mol. The Morgan fingerprint density at radius 3 is 2.33 bits per heavy atom. The molecule has 142 valence electrons. The van der Waals surface area contributed by atoms with E-state index in [9.17, 15) is 9.59 Å². The number of nitrogens with zero attached hydrogens (tertiary/aromatic N) is 2. The molecule has 1 aliphatic heterocycles. The molecule has 1 fully saturated rings. The van der Waals surface area contributed by atoms with Crippen LogP contribution in [0.4, 0.5) is 10.6 Å². The third kappa shape index (κ3) is 5.70. The van der Waals surface area contributed by atoms with Gasteiger partial charge in [-0.2, -0.15) is 0 Å². The number of urea groups is 1. The summed E-state index contributed by atoms with van der Waals surface area (Å²) in [7, 11) is 0. The highest BCUT2D eigenvalue weighted by Gasteiger charge is 2.11. The lowest BCUT2D eigenvalue weighted by Gasteiger charge is -2.21. The van der Waals surface area contributed by atoms with Crippen LogP contribution < -0.4 is 21.1 Å². The Bertz CT molecular complexity index is 741. The van der Waals surface area contributed by atoms with Crippen molar-refractivity contribution >= 4 is 17.8 Å². The van der Waals surface area contributed by atoms with Gasteiger partial charge in [0.2, 0.25) is 0 Å². The van der Waals surface area contributed by atoms with E-state index < -0.39 is 6.03 Å². The summed E-state index contributed by atoms with van der Waals surface area (Å²) in [5.41, 5.74) is 6.09. The molecule has 27 heavy (non-hydrogen) atoms. The van der Waals surface area contributed by atoms with E-state index >= 15 is 0 Å². The van der Waals surface area contributed by atoms with Gasteiger partial charge >= 0.3 is 6.03 Å². The number of benzene rings is 1. The minimum absolute atomic E-state index is 0.334. The molecule has 0 radical (unpaired) electrons. The van der Waals surface area contributed by atoms with Crippen LogP contribution in [0.5, 0.6) is 0 Å². The van der Waals surface area contributed by atoms with E-state index in [1.165, 1.54) is 25.7 Å². The van der Waals surface area contributed by atoms with Crippen molar-refractivity contribution in [2.24, 2.45) is 0 Å². The first kappa shape index (κ1) is 18.7. The molecule has 0 saturated carbocycles. The van der Waals surface area contributed by atoms with E-state index in [-0.39, 0.29) is 5.91 Å². The third-order valence-corrected chi connectivity index (χ3v) is 4.52. The van der Waals surface area contributed by atoms with Crippen LogP contribution in [0.2, 0.25) is 0 Å². The highest BCUT2D eigenvalue weighted by Crippen LogP contribution is 2.17. The quantitative estimate of drug-likeness (QED) is 0.725. The number of hydrogen-bond donors (Lipinski definition) is 3. The number of aromatic nitrogens is 1. The predicted molar refractivity (Wildman–Crippen MR) is 104 cm³/mol. The number of nitrogens with one attached hydrogen (secondary N) is 3. The molecule has 1 aliphatic rings. The first-order valence-corrected chi connectivity index (χ1v) is 9.31. The number of pyridine rings is 1. The van der Waals surface area contributed by atoms with Gasteiger partial charge in [0.05, 0.1) is 0 Å². The number of amides is 3. The minimum Gasteiger partial charge on any atom is -0.357 e. The second-order valence-electron chi connectivity index (χ2n) is 6.55. The Labute approximate surface area is 159 Å². The van der Waals surface area contributed by atoms with Crippen LogP contribution in [-0.4, -0.2) is 30.0 Å². The van der Waals surface area contributed by atoms with Crippen LogP contribution in [0, 0.1) is 0 Å². The van der Waals surface area contributed by atoms with Crippen molar-refractivity contribution in [3.8, 4) is 0 Å². The van der Waals surface area contributed by atoms with Gasteiger partial charge in [0.25, 0.3) is 5.91 Å². The zero-order chi connectivity index (χ0) is 18.9. The fraction of sp³-hybridized carbons (Fsp3) is 0.350. The van der Waals surface area contributed by atoms with E-state index in [1.807, 2.05) is 18.2 Å². The molecule has 3 rings (SSSR count). The lowest BCUT2D eigenvalue weighted by molar-refractivity contribution is 0.0936. The normalized spacial score (nSPS) is 14.1. The lowest BCUT2D eigenvalue weighted by Crippen LogP contribution is -2.46. The molecule has 3 N–H and O–H groups in total. The van der Waals surface area contributed by atoms with Crippen LogP contribution in [0.1, 0.15) is 41.6 Å². The molecule has 1 aromatic heterocycles. The van der Waals surface area contributed by atoms with Crippen molar-refractivity contribution in [1.82, 2.24) is 21.2 Å². The molecule has 0 spiro atoms. The fourth-order valence-electron chi connectivity index (χ4n) is 3.01. The number of carbonyl (C=O) groups is 2. The fourth-order valence-corrected chi connectivity index (χ4v) is 3.01. The van der Waals surface area contributed by atoms with E-state index in [4.69, 9.17) is 0 Å². The van der Waals surface area contributed by atoms with Gasteiger partial charge < -0.3 is 10.2 Å². The molecule has 0 aliphatic carbocycles. The lowest BCUT2D eigenvalue weighted by atomic mass is 10.2. The molecule has 0 atom stereocenters. The van der Waals surface area contributed by atoms with Crippen molar-refractivity contribution in [3.05, 3.63) is 59.8 Å². The van der Waals surface area contributed by atoms with Crippen LogP contribution in [0.3, 0.4) is 0 Å². The maximum absolute atomic E-state index is 11.9. The molecule has 7 nitrogen and oxygen atoms in total. The highest BCUT2D eigenvalue weighted by molar-refractivity contribution is 5.95. The van der Waals surface area contributed by atoms with Gasteiger partial charge in [0.15, 0.2) is 0 Å². The molecule has 3 amide bonds. The van der Waals surface area contributed by atoms with E-state index in [0.29, 0.717) is 12.1 Å². The summed E-state index contributed by atoms with van der Waals surface area (Å²) in [6, 6.07) is 12.2. The summed E-state index contributed by atoms with van der Waals surface area (Å²) in [6.45, 7) is 2.43. The molecule has 1 aromatic carbocycles. The third-order valence-electron chi connectivity index (χ3n) is 4.52. The van der Waals surface area contributed by atoms with Gasteiger partial charge in [-0.3, -0.25) is 10.2 Å². The van der Waals surface area contributed by atoms with Gasteiger partial charge in [-0.1, -0.05) is 37.1 Å². The minimum atomic E-state index is -0.476. The maximum Gasteiger partial charge on any atom is 0.333 e. The van der Waals surface area contributed by atoms with Crippen LogP contribution in [0.25, 0.3) is 0 Å². The largest absolute Gasteiger partial charge is 0.357 e. The molecule has 2 heterocycles. The topological polar surface area (TPSA) is 86.4 Å². The van der Waals surface area contributed by atoms with Crippen molar-refractivity contribution in [2.75, 3.05) is 18.0 Å². The summed E-state index contributed by atoms with van der Waals surface area (Å²) in [4.78, 5) is 30.5. The molecule has 7 heteroatoms. The number of carbonyl (C=O) groups excluding carboxylic acids is 2. The van der Waals surface area contributed by atoms with Crippen molar-refractivity contribution < 1.29 is 9.59 Å². The SMILES string of the molecule is O=C(NCc1ccc(N2CCCCCC2)nc1)NNC(=O)c1ccccc1. The first-order valence-electron chi connectivity index (χ1n) is 9.31. The summed E-state index contributed by atoms with van der Waals surface area (Å²) in [5, 5.41) is 2.70. The number of hydrogen-bond acceptors (Lipinski definition) is 4. The number of rotatable bonds is 4. The van der Waals surface area contributed by atoms with Gasteiger partial charge in [-0.05, 0) is 36.6 Å². The average Bonchev–Trinajstić information content (AvgIpc) is 3.01. The van der Waals surface area contributed by atoms with Gasteiger partial charge in [-0.15, -0.1) is 0 Å². The smallest absolute Gasteiger partial charge is 0.333 e. The van der Waals surface area contributed by atoms with Gasteiger partial charge in [0.1, 0.15) is 5.82 Å². The molecular weight excluding hydrogens is 342 g/mol. The van der Waals surface area contributed by atoms with Crippen LogP contribution in [0.15, 0.2) is 48.7 Å². The van der Waals surface area contributed by atoms with Crippen molar-refractivity contribution in [3.63, 3.8) is 0 Å². The Morgan fingerprint density at radius 2 is 1.67 bits per heavy atom. The van der Waals surface area contributed by atoms with E-state index in [2.05, 4.69) is 26.1 Å². The Hall–Kier alpha value is -3.09. The second kappa shape index (κ2) is 9.56. The van der Waals surface area contributed by atoms with Gasteiger partial charge in [0, 0.05) is 31.4 Å². The van der Waals surface area contributed by atoms with Gasteiger partial charge in [-0.25, -0.2) is 15.2 Å². The Balaban J connectivity index is 1.42. The number of anilines is 1. The average molecular weight is 367 g/mol.